The number of fused-ring (bicyclic) bond motifs is 4. The molecule has 0 spiro atoms. The van der Waals surface area contributed by atoms with Crippen LogP contribution in [0.25, 0.3) is 0 Å². The molecule has 0 aliphatic heterocycles. The summed E-state index contributed by atoms with van der Waals surface area (Å²) in [4.78, 5) is 0. The molecule has 0 amide bonds. The summed E-state index contributed by atoms with van der Waals surface area (Å²) in [6.45, 7) is 0. The summed E-state index contributed by atoms with van der Waals surface area (Å²) in [6.07, 6.45) is 4.63. The van der Waals surface area contributed by atoms with E-state index >= 15 is 0 Å². The van der Waals surface area contributed by atoms with Crippen molar-refractivity contribution >= 4 is 0 Å². The van der Waals surface area contributed by atoms with Crippen LogP contribution in [0.5, 0.6) is 5.75 Å². The summed E-state index contributed by atoms with van der Waals surface area (Å²) < 4.78 is 5.26. The molecule has 0 heterocycles. The Labute approximate surface area is 90.4 Å². The number of hydrogen-bond donors (Lipinski definition) is 1. The molecule has 2 heteroatoms. The molecule has 2 atom stereocenters. The van der Waals surface area contributed by atoms with E-state index < -0.39 is 0 Å². The van der Waals surface area contributed by atoms with E-state index in [1.165, 1.54) is 30.4 Å². The van der Waals surface area contributed by atoms with Crippen molar-refractivity contribution in [1.29, 1.82) is 0 Å². The predicted octanol–water partition coefficient (Wildman–Crippen LogP) is 2.22. The Kier molecular flexibility index (Phi) is 1.84. The van der Waals surface area contributed by atoms with Gasteiger partial charge in [-0.1, -0.05) is 6.07 Å². The second kappa shape index (κ2) is 2.99. The molecule has 2 aliphatic carbocycles. The number of hydrogen-bond acceptors (Lipinski definition) is 2. The van der Waals surface area contributed by atoms with E-state index in [1.54, 1.807) is 7.11 Å². The maximum Gasteiger partial charge on any atom is 0.119 e. The summed E-state index contributed by atoms with van der Waals surface area (Å²) in [5, 5.41) is 0. The molecule has 2 unspecified atom stereocenters. The van der Waals surface area contributed by atoms with Gasteiger partial charge in [-0.2, -0.15) is 0 Å². The highest BCUT2D eigenvalue weighted by Crippen LogP contribution is 2.47. The van der Waals surface area contributed by atoms with Crippen LogP contribution in [0.2, 0.25) is 0 Å². The molecular weight excluding hydrogens is 186 g/mol. The molecule has 3 rings (SSSR count). The third kappa shape index (κ3) is 1.36. The molecule has 0 aromatic heterocycles. The molecule has 1 aromatic rings. The number of methoxy groups -OCH3 is 1. The summed E-state index contributed by atoms with van der Waals surface area (Å²) >= 11 is 0. The van der Waals surface area contributed by atoms with Gasteiger partial charge in [0.2, 0.25) is 0 Å². The molecule has 80 valence electrons. The quantitative estimate of drug-likeness (QED) is 0.759. The van der Waals surface area contributed by atoms with Crippen LogP contribution in [0.4, 0.5) is 0 Å². The van der Waals surface area contributed by atoms with E-state index in [-0.39, 0.29) is 5.54 Å². The van der Waals surface area contributed by atoms with E-state index in [4.69, 9.17) is 10.5 Å². The largest absolute Gasteiger partial charge is 0.497 e. The topological polar surface area (TPSA) is 35.2 Å². The lowest BCUT2D eigenvalue weighted by molar-refractivity contribution is 0.401. The van der Waals surface area contributed by atoms with Crippen molar-refractivity contribution < 1.29 is 4.74 Å². The average Bonchev–Trinajstić information content (AvgIpc) is 2.55. The van der Waals surface area contributed by atoms with Crippen LogP contribution in [-0.4, -0.2) is 12.6 Å². The fraction of sp³-hybridized carbons (Fsp3) is 0.538. The number of benzene rings is 1. The van der Waals surface area contributed by atoms with Crippen molar-refractivity contribution in [3.05, 3.63) is 29.3 Å². The maximum absolute atomic E-state index is 6.37. The molecule has 2 nitrogen and oxygen atoms in total. The van der Waals surface area contributed by atoms with Gasteiger partial charge in [0.25, 0.3) is 0 Å². The monoisotopic (exact) mass is 203 g/mol. The first kappa shape index (κ1) is 9.22. The number of ether oxygens (including phenoxy) is 1. The highest BCUT2D eigenvalue weighted by atomic mass is 16.5. The molecular formula is C13H17NO. The zero-order valence-electron chi connectivity index (χ0n) is 9.12. The Hall–Kier alpha value is -1.02. The van der Waals surface area contributed by atoms with E-state index in [0.29, 0.717) is 5.92 Å². The average molecular weight is 203 g/mol. The van der Waals surface area contributed by atoms with Gasteiger partial charge in [-0.15, -0.1) is 0 Å². The van der Waals surface area contributed by atoms with Crippen molar-refractivity contribution in [3.8, 4) is 5.75 Å². The second-order valence-electron chi connectivity index (χ2n) is 5.04. The van der Waals surface area contributed by atoms with Gasteiger partial charge >= 0.3 is 0 Å². The number of nitrogens with two attached hydrogens (primary N) is 1. The first-order valence-corrected chi connectivity index (χ1v) is 5.66. The first-order valence-electron chi connectivity index (χ1n) is 5.66. The van der Waals surface area contributed by atoms with Crippen LogP contribution in [-0.2, 0) is 6.42 Å². The SMILES string of the molecule is COc1ccc2c(c1)CC1(N)CCC2C1. The van der Waals surface area contributed by atoms with Crippen molar-refractivity contribution in [2.75, 3.05) is 7.11 Å². The van der Waals surface area contributed by atoms with E-state index in [9.17, 15) is 0 Å². The van der Waals surface area contributed by atoms with Crippen molar-refractivity contribution in [3.63, 3.8) is 0 Å². The third-order valence-corrected chi connectivity index (χ3v) is 3.98. The summed E-state index contributed by atoms with van der Waals surface area (Å²) in [6, 6.07) is 6.46. The smallest absolute Gasteiger partial charge is 0.119 e. The van der Waals surface area contributed by atoms with Crippen molar-refractivity contribution in [1.82, 2.24) is 0 Å². The van der Waals surface area contributed by atoms with Crippen LogP contribution in [0.3, 0.4) is 0 Å². The van der Waals surface area contributed by atoms with Gasteiger partial charge in [-0.25, -0.2) is 0 Å². The highest BCUT2D eigenvalue weighted by molar-refractivity contribution is 5.42. The summed E-state index contributed by atoms with van der Waals surface area (Å²) in [7, 11) is 1.72. The number of rotatable bonds is 1. The predicted molar refractivity (Wildman–Crippen MR) is 60.2 cm³/mol. The Balaban J connectivity index is 2.07. The van der Waals surface area contributed by atoms with Crippen LogP contribution >= 0.6 is 0 Å². The second-order valence-corrected chi connectivity index (χ2v) is 5.04. The molecule has 1 saturated carbocycles. The Morgan fingerprint density at radius 3 is 3.13 bits per heavy atom. The van der Waals surface area contributed by atoms with Crippen LogP contribution in [0.15, 0.2) is 18.2 Å². The highest BCUT2D eigenvalue weighted by Gasteiger charge is 2.41. The molecule has 1 aromatic carbocycles. The third-order valence-electron chi connectivity index (χ3n) is 3.98. The lowest BCUT2D eigenvalue weighted by Gasteiger charge is -2.31. The lowest BCUT2D eigenvalue weighted by Crippen LogP contribution is -2.41. The molecule has 15 heavy (non-hydrogen) atoms. The Morgan fingerprint density at radius 1 is 1.47 bits per heavy atom. The van der Waals surface area contributed by atoms with Crippen LogP contribution in [0, 0.1) is 0 Å². The summed E-state index contributed by atoms with van der Waals surface area (Å²) in [5.41, 5.74) is 9.36. The van der Waals surface area contributed by atoms with Gasteiger partial charge in [0.15, 0.2) is 0 Å². The van der Waals surface area contributed by atoms with Gasteiger partial charge in [0.1, 0.15) is 5.75 Å². The standard InChI is InChI=1S/C13H17NO/c1-15-11-2-3-12-9-4-5-13(14,7-9)8-10(12)6-11/h2-3,6,9H,4-5,7-8,14H2,1H3. The fourth-order valence-corrected chi connectivity index (χ4v) is 3.22. The lowest BCUT2D eigenvalue weighted by atomic mass is 9.79. The minimum Gasteiger partial charge on any atom is -0.497 e. The van der Waals surface area contributed by atoms with Gasteiger partial charge in [-0.3, -0.25) is 0 Å². The molecule has 1 fully saturated rings. The fourth-order valence-electron chi connectivity index (χ4n) is 3.22. The van der Waals surface area contributed by atoms with Crippen molar-refractivity contribution in [2.45, 2.75) is 37.1 Å². The van der Waals surface area contributed by atoms with Crippen LogP contribution < -0.4 is 10.5 Å². The first-order chi connectivity index (χ1) is 7.20. The molecule has 0 saturated heterocycles. The van der Waals surface area contributed by atoms with Crippen molar-refractivity contribution in [2.24, 2.45) is 5.73 Å². The van der Waals surface area contributed by atoms with Crippen LogP contribution in [0.1, 0.15) is 36.3 Å². The zero-order chi connectivity index (χ0) is 10.5. The van der Waals surface area contributed by atoms with E-state index in [1.807, 2.05) is 0 Å². The van der Waals surface area contributed by atoms with Gasteiger partial charge < -0.3 is 10.5 Å². The molecule has 0 radical (unpaired) electrons. The summed E-state index contributed by atoms with van der Waals surface area (Å²) in [5.74, 6) is 1.66. The van der Waals surface area contributed by atoms with Gasteiger partial charge in [0.05, 0.1) is 7.11 Å². The van der Waals surface area contributed by atoms with Gasteiger partial charge in [-0.05, 0) is 54.9 Å². The maximum atomic E-state index is 6.37. The van der Waals surface area contributed by atoms with E-state index in [2.05, 4.69) is 18.2 Å². The minimum atomic E-state index is 0.0734. The minimum absolute atomic E-state index is 0.0734. The van der Waals surface area contributed by atoms with E-state index in [0.717, 1.165) is 12.2 Å². The molecule has 2 bridgehead atoms. The Morgan fingerprint density at radius 2 is 2.33 bits per heavy atom. The van der Waals surface area contributed by atoms with Gasteiger partial charge in [0, 0.05) is 5.54 Å². The molecule has 2 aliphatic rings. The normalized spacial score (nSPS) is 32.5. The Bertz CT molecular complexity index is 402. The zero-order valence-corrected chi connectivity index (χ0v) is 9.12. The molecule has 2 N–H and O–H groups in total.